The molecule has 1 aromatic carbocycles. The molecule has 6 heteroatoms. The van der Waals surface area contributed by atoms with Gasteiger partial charge in [0.2, 0.25) is 5.91 Å². The normalized spacial score (nSPS) is 30.5. The zero-order valence-corrected chi connectivity index (χ0v) is 18.0. The fourth-order valence-electron chi connectivity index (χ4n) is 6.53. The van der Waals surface area contributed by atoms with Crippen molar-refractivity contribution in [2.24, 2.45) is 17.8 Å². The van der Waals surface area contributed by atoms with E-state index >= 15 is 0 Å². The van der Waals surface area contributed by atoms with Crippen LogP contribution in [0.25, 0.3) is 0 Å². The molecule has 6 rings (SSSR count). The van der Waals surface area contributed by atoms with Crippen molar-refractivity contribution in [3.05, 3.63) is 60.1 Å². The van der Waals surface area contributed by atoms with Crippen LogP contribution in [0.1, 0.15) is 62.8 Å². The van der Waals surface area contributed by atoms with Gasteiger partial charge in [-0.2, -0.15) is 0 Å². The van der Waals surface area contributed by atoms with Crippen molar-refractivity contribution in [3.63, 3.8) is 0 Å². The highest BCUT2D eigenvalue weighted by molar-refractivity contribution is 5.97. The summed E-state index contributed by atoms with van der Waals surface area (Å²) in [6, 6.07) is 12.3. The Labute approximate surface area is 183 Å². The summed E-state index contributed by atoms with van der Waals surface area (Å²) < 4.78 is 5.60. The van der Waals surface area contributed by atoms with E-state index in [0.717, 1.165) is 48.3 Å². The summed E-state index contributed by atoms with van der Waals surface area (Å²) in [5.74, 6) is 2.60. The molecule has 0 spiro atoms. The van der Waals surface area contributed by atoms with Gasteiger partial charge in [0.05, 0.1) is 18.3 Å². The van der Waals surface area contributed by atoms with Gasteiger partial charge in [0.1, 0.15) is 5.76 Å². The molecule has 1 aromatic heterocycles. The van der Waals surface area contributed by atoms with Crippen LogP contribution in [0.15, 0.2) is 53.1 Å². The minimum absolute atomic E-state index is 0.115. The van der Waals surface area contributed by atoms with Crippen molar-refractivity contribution < 1.29 is 14.0 Å². The first-order chi connectivity index (χ1) is 15.0. The van der Waals surface area contributed by atoms with E-state index in [1.165, 1.54) is 19.3 Å². The molecule has 4 fully saturated rings. The summed E-state index contributed by atoms with van der Waals surface area (Å²) in [7, 11) is 0. The molecule has 0 saturated heterocycles. The van der Waals surface area contributed by atoms with Crippen LogP contribution in [0.4, 0.5) is 4.79 Å². The topological polar surface area (TPSA) is 83.4 Å². The van der Waals surface area contributed by atoms with Gasteiger partial charge in [-0.3, -0.25) is 15.4 Å². The van der Waals surface area contributed by atoms with E-state index in [0.29, 0.717) is 0 Å². The molecule has 6 nitrogen and oxygen atoms in total. The molecule has 4 aliphatic rings. The highest BCUT2D eigenvalue weighted by atomic mass is 16.3. The molecule has 3 N–H and O–H groups in total. The molecule has 31 heavy (non-hydrogen) atoms. The van der Waals surface area contributed by atoms with Gasteiger partial charge in [-0.05, 0) is 80.9 Å². The van der Waals surface area contributed by atoms with Gasteiger partial charge in [0.25, 0.3) is 0 Å². The smallest absolute Gasteiger partial charge is 0.321 e. The fraction of sp³-hybridized carbons (Fsp3) is 0.520. The number of hydrogen-bond donors (Lipinski definition) is 3. The van der Waals surface area contributed by atoms with E-state index in [-0.39, 0.29) is 23.5 Å². The Bertz CT molecular complexity index is 889. The number of benzene rings is 1. The highest BCUT2D eigenvalue weighted by Gasteiger charge is 2.51. The summed E-state index contributed by atoms with van der Waals surface area (Å²) in [5.41, 5.74) is 0.881. The Morgan fingerprint density at radius 2 is 1.61 bits per heavy atom. The van der Waals surface area contributed by atoms with Gasteiger partial charge in [-0.15, -0.1) is 0 Å². The van der Waals surface area contributed by atoms with Gasteiger partial charge in [0, 0.05) is 5.54 Å². The molecule has 0 unspecified atom stereocenters. The Hall–Kier alpha value is -2.60. The Kier molecular flexibility index (Phi) is 5.34. The van der Waals surface area contributed by atoms with Crippen LogP contribution in [0.2, 0.25) is 0 Å². The van der Waals surface area contributed by atoms with Crippen molar-refractivity contribution in [2.45, 2.75) is 63.1 Å². The predicted molar refractivity (Wildman–Crippen MR) is 117 cm³/mol. The van der Waals surface area contributed by atoms with Gasteiger partial charge in [0.15, 0.2) is 0 Å². The quantitative estimate of drug-likeness (QED) is 0.655. The van der Waals surface area contributed by atoms with E-state index in [1.54, 1.807) is 13.2 Å². The average molecular weight is 422 g/mol. The van der Waals surface area contributed by atoms with Crippen LogP contribution < -0.4 is 16.0 Å². The maximum Gasteiger partial charge on any atom is 0.321 e. The SMILES string of the molecule is C[C@@H](N[C@@H](c1ccccc1)c1ccco1)C(=O)NC(=O)NC12CC3CC(CC(C3)C1)C2. The Morgan fingerprint density at radius 1 is 0.968 bits per heavy atom. The van der Waals surface area contributed by atoms with Crippen molar-refractivity contribution in [3.8, 4) is 0 Å². The second kappa shape index (κ2) is 8.15. The van der Waals surface area contributed by atoms with Crippen molar-refractivity contribution >= 4 is 11.9 Å². The lowest BCUT2D eigenvalue weighted by molar-refractivity contribution is -0.121. The summed E-state index contributed by atoms with van der Waals surface area (Å²) in [4.78, 5) is 25.5. The molecule has 0 aliphatic heterocycles. The molecule has 0 radical (unpaired) electrons. The minimum atomic E-state index is -0.572. The van der Waals surface area contributed by atoms with E-state index in [4.69, 9.17) is 4.42 Å². The van der Waals surface area contributed by atoms with Crippen LogP contribution in [0.3, 0.4) is 0 Å². The number of imide groups is 1. The van der Waals surface area contributed by atoms with Crippen LogP contribution in [-0.4, -0.2) is 23.5 Å². The highest BCUT2D eigenvalue weighted by Crippen LogP contribution is 2.55. The van der Waals surface area contributed by atoms with E-state index in [9.17, 15) is 9.59 Å². The molecule has 1 heterocycles. The number of carbonyl (C=O) groups is 2. The third-order valence-corrected chi connectivity index (χ3v) is 7.42. The minimum Gasteiger partial charge on any atom is -0.467 e. The molecule has 4 bridgehead atoms. The van der Waals surface area contributed by atoms with E-state index < -0.39 is 6.04 Å². The summed E-state index contributed by atoms with van der Waals surface area (Å²) in [6.45, 7) is 1.77. The maximum atomic E-state index is 12.8. The zero-order chi connectivity index (χ0) is 21.4. The first-order valence-electron chi connectivity index (χ1n) is 11.5. The van der Waals surface area contributed by atoms with Crippen LogP contribution in [-0.2, 0) is 4.79 Å². The first kappa shape index (κ1) is 20.3. The fourth-order valence-corrected chi connectivity index (χ4v) is 6.53. The molecule has 2 aromatic rings. The largest absolute Gasteiger partial charge is 0.467 e. The van der Waals surface area contributed by atoms with Gasteiger partial charge in [-0.25, -0.2) is 4.79 Å². The lowest BCUT2D eigenvalue weighted by atomic mass is 9.53. The monoisotopic (exact) mass is 421 g/mol. The van der Waals surface area contributed by atoms with Crippen molar-refractivity contribution in [1.29, 1.82) is 0 Å². The third kappa shape index (κ3) is 4.26. The lowest BCUT2D eigenvalue weighted by Gasteiger charge is -2.56. The van der Waals surface area contributed by atoms with E-state index in [1.807, 2.05) is 42.5 Å². The standard InChI is InChI=1S/C25H31N3O3/c1-16(26-22(21-8-5-9-31-21)20-6-3-2-4-7-20)23(29)27-24(30)28-25-13-17-10-18(14-25)12-19(11-17)15-25/h2-9,16-19,22,26H,10-15H2,1H3,(H2,27,28,29,30)/t16-,17?,18?,19?,22+,25?/m1/s1. The summed E-state index contributed by atoms with van der Waals surface area (Å²) in [6.07, 6.45) is 8.74. The van der Waals surface area contributed by atoms with Crippen molar-refractivity contribution in [2.75, 3.05) is 0 Å². The summed E-state index contributed by atoms with van der Waals surface area (Å²) in [5, 5.41) is 9.09. The second-order valence-corrected chi connectivity index (χ2v) is 9.89. The predicted octanol–water partition coefficient (Wildman–Crippen LogP) is 4.14. The van der Waals surface area contributed by atoms with Gasteiger partial charge < -0.3 is 9.73 Å². The number of carbonyl (C=O) groups excluding carboxylic acids is 2. The molecule has 4 aliphatic carbocycles. The Balaban J connectivity index is 1.21. The number of amides is 3. The van der Waals surface area contributed by atoms with Crippen LogP contribution >= 0.6 is 0 Å². The number of rotatable bonds is 6. The van der Waals surface area contributed by atoms with Crippen molar-refractivity contribution in [1.82, 2.24) is 16.0 Å². The average Bonchev–Trinajstić information content (AvgIpc) is 3.25. The van der Waals surface area contributed by atoms with Crippen LogP contribution in [0.5, 0.6) is 0 Å². The van der Waals surface area contributed by atoms with Gasteiger partial charge >= 0.3 is 6.03 Å². The van der Waals surface area contributed by atoms with E-state index in [2.05, 4.69) is 16.0 Å². The van der Waals surface area contributed by atoms with Gasteiger partial charge in [-0.1, -0.05) is 30.3 Å². The Morgan fingerprint density at radius 3 is 2.19 bits per heavy atom. The second-order valence-electron chi connectivity index (χ2n) is 9.89. The number of hydrogen-bond acceptors (Lipinski definition) is 4. The molecule has 4 saturated carbocycles. The number of urea groups is 1. The third-order valence-electron chi connectivity index (χ3n) is 7.42. The molecular weight excluding hydrogens is 390 g/mol. The van der Waals surface area contributed by atoms with Crippen LogP contribution in [0, 0.1) is 17.8 Å². The molecule has 3 amide bonds. The number of nitrogens with one attached hydrogen (secondary N) is 3. The number of furan rings is 1. The zero-order valence-electron chi connectivity index (χ0n) is 18.0. The summed E-state index contributed by atoms with van der Waals surface area (Å²) >= 11 is 0. The molecular formula is C25H31N3O3. The lowest BCUT2D eigenvalue weighted by Crippen LogP contribution is -2.62. The molecule has 2 atom stereocenters. The maximum absolute atomic E-state index is 12.8. The molecule has 164 valence electrons. The first-order valence-corrected chi connectivity index (χ1v) is 11.5.